The van der Waals surface area contributed by atoms with Gasteiger partial charge >= 0.3 is 29.6 Å². The van der Waals surface area contributed by atoms with Gasteiger partial charge in [0.05, 0.1) is 0 Å². The molecule has 78 valence electrons. The van der Waals surface area contributed by atoms with E-state index in [-0.39, 0.29) is 36.8 Å². The molecule has 0 aliphatic carbocycles. The predicted molar refractivity (Wildman–Crippen MR) is 64.0 cm³/mol. The van der Waals surface area contributed by atoms with Gasteiger partial charge in [0.1, 0.15) is 0 Å². The van der Waals surface area contributed by atoms with Crippen molar-refractivity contribution in [3.63, 3.8) is 0 Å². The molecule has 0 N–H and O–H groups in total. The summed E-state index contributed by atoms with van der Waals surface area (Å²) in [5.74, 6) is -0.0752. The molecule has 0 aliphatic heterocycles. The van der Waals surface area contributed by atoms with Gasteiger partial charge in [-0.1, -0.05) is 40.9 Å². The van der Waals surface area contributed by atoms with Crippen LogP contribution in [0.25, 0.3) is 0 Å². The van der Waals surface area contributed by atoms with Gasteiger partial charge in [0.15, 0.2) is 5.78 Å². The van der Waals surface area contributed by atoms with E-state index in [2.05, 4.69) is 12.6 Å². The molecule has 0 aliphatic rings. The van der Waals surface area contributed by atoms with Crippen LogP contribution in [0, 0.1) is 0 Å². The second kappa shape index (κ2) is 6.15. The standard InChI is InChI=1S/C9H7Cl3OS.Na.H/c1-5(13)6-2-3-8(14)7(4-6)9(10,11)12;;/h2-4,14H,1H3;;/q;+1;-1. The molecule has 0 bridgehead atoms. The Balaban J connectivity index is 0. The van der Waals surface area contributed by atoms with Crippen LogP contribution < -0.4 is 29.6 Å². The minimum absolute atomic E-state index is 0. The Morgan fingerprint density at radius 3 is 2.33 bits per heavy atom. The molecule has 1 aromatic carbocycles. The summed E-state index contributed by atoms with van der Waals surface area (Å²) in [5, 5.41) is 0. The summed E-state index contributed by atoms with van der Waals surface area (Å²) in [4.78, 5) is 11.6. The van der Waals surface area contributed by atoms with Crippen molar-refractivity contribution in [2.75, 3.05) is 0 Å². The Morgan fingerprint density at radius 1 is 1.40 bits per heavy atom. The normalized spacial score (nSPS) is 10.7. The summed E-state index contributed by atoms with van der Waals surface area (Å²) in [6.07, 6.45) is 0. The first-order chi connectivity index (χ1) is 6.32. The Kier molecular flexibility index (Phi) is 6.61. The maximum absolute atomic E-state index is 11.1. The topological polar surface area (TPSA) is 17.1 Å². The summed E-state index contributed by atoms with van der Waals surface area (Å²) < 4.78 is -1.55. The van der Waals surface area contributed by atoms with E-state index in [1.165, 1.54) is 13.0 Å². The van der Waals surface area contributed by atoms with Gasteiger partial charge in [0.25, 0.3) is 0 Å². The summed E-state index contributed by atoms with van der Waals surface area (Å²) >= 11 is 21.3. The Hall–Kier alpha value is 1.11. The van der Waals surface area contributed by atoms with Crippen LogP contribution in [0.4, 0.5) is 0 Å². The zero-order valence-corrected chi connectivity index (χ0v) is 13.4. The number of carbonyl (C=O) groups excluding carboxylic acids is 1. The third kappa shape index (κ3) is 4.47. The quantitative estimate of drug-likeness (QED) is 0.355. The first-order valence-corrected chi connectivity index (χ1v) is 5.31. The van der Waals surface area contributed by atoms with Gasteiger partial charge < -0.3 is 1.43 Å². The average molecular weight is 294 g/mol. The molecular weight excluding hydrogens is 286 g/mol. The van der Waals surface area contributed by atoms with E-state index < -0.39 is 3.79 Å². The van der Waals surface area contributed by atoms with Crippen molar-refractivity contribution in [1.82, 2.24) is 0 Å². The predicted octanol–water partition coefficient (Wildman–Crippen LogP) is 1.12. The van der Waals surface area contributed by atoms with Gasteiger partial charge in [0.2, 0.25) is 3.79 Å². The molecule has 0 heterocycles. The van der Waals surface area contributed by atoms with E-state index >= 15 is 0 Å². The van der Waals surface area contributed by atoms with Crippen LogP contribution in [0.5, 0.6) is 0 Å². The molecule has 0 radical (unpaired) electrons. The van der Waals surface area contributed by atoms with E-state index in [9.17, 15) is 4.79 Å². The van der Waals surface area contributed by atoms with Gasteiger partial charge in [-0.15, -0.1) is 12.6 Å². The fourth-order valence-electron chi connectivity index (χ4n) is 0.982. The summed E-state index contributed by atoms with van der Waals surface area (Å²) in [6.45, 7) is 1.45. The van der Waals surface area contributed by atoms with Gasteiger partial charge in [-0.25, -0.2) is 0 Å². The Bertz CT molecular complexity index is 382. The number of hydrogen-bond donors (Lipinski definition) is 1. The molecule has 0 atom stereocenters. The van der Waals surface area contributed by atoms with Gasteiger partial charge in [-0.05, 0) is 19.1 Å². The zero-order chi connectivity index (χ0) is 10.9. The van der Waals surface area contributed by atoms with Gasteiger partial charge in [0, 0.05) is 16.0 Å². The number of thiol groups is 1. The summed E-state index contributed by atoms with van der Waals surface area (Å²) in [6, 6.07) is 4.82. The number of hydrogen-bond acceptors (Lipinski definition) is 2. The van der Waals surface area contributed by atoms with E-state index in [4.69, 9.17) is 34.8 Å². The van der Waals surface area contributed by atoms with Crippen LogP contribution in [-0.2, 0) is 3.79 Å². The number of Topliss-reactive ketones (excluding diaryl/α,β-unsaturated/α-hetero) is 1. The van der Waals surface area contributed by atoms with Crippen molar-refractivity contribution in [1.29, 1.82) is 0 Å². The van der Waals surface area contributed by atoms with E-state index in [1.807, 2.05) is 0 Å². The smallest absolute Gasteiger partial charge is 1.00 e. The number of halogens is 3. The van der Waals surface area contributed by atoms with Crippen LogP contribution >= 0.6 is 47.4 Å². The molecule has 6 heteroatoms. The SMILES string of the molecule is CC(=O)c1ccc(S)c(C(Cl)(Cl)Cl)c1.[H-].[Na+]. The first kappa shape index (κ1) is 16.1. The van der Waals surface area contributed by atoms with Gasteiger partial charge in [-0.3, -0.25) is 4.79 Å². The second-order valence-corrected chi connectivity index (χ2v) is 5.55. The Labute approximate surface area is 133 Å². The summed E-state index contributed by atoms with van der Waals surface area (Å²) in [5.41, 5.74) is 0.919. The van der Waals surface area contributed by atoms with E-state index in [1.54, 1.807) is 12.1 Å². The number of benzene rings is 1. The number of carbonyl (C=O) groups is 1. The largest absolute Gasteiger partial charge is 1.00 e. The van der Waals surface area contributed by atoms with E-state index in [0.29, 0.717) is 16.0 Å². The van der Waals surface area contributed by atoms with Crippen molar-refractivity contribution >= 4 is 53.2 Å². The molecular formula is C9H8Cl3NaOS. The van der Waals surface area contributed by atoms with Crippen molar-refractivity contribution in [3.8, 4) is 0 Å². The molecule has 1 nitrogen and oxygen atoms in total. The molecule has 0 spiro atoms. The Morgan fingerprint density at radius 2 is 1.93 bits per heavy atom. The molecule has 0 unspecified atom stereocenters. The van der Waals surface area contributed by atoms with Crippen molar-refractivity contribution in [3.05, 3.63) is 29.3 Å². The molecule has 0 saturated carbocycles. The van der Waals surface area contributed by atoms with Crippen LogP contribution in [0.15, 0.2) is 23.1 Å². The molecule has 0 fully saturated rings. The van der Waals surface area contributed by atoms with Crippen molar-refractivity contribution in [2.24, 2.45) is 0 Å². The average Bonchev–Trinajstić information content (AvgIpc) is 2.02. The zero-order valence-electron chi connectivity index (χ0n) is 9.22. The maximum atomic E-state index is 11.1. The fraction of sp³-hybridized carbons (Fsp3) is 0.222. The minimum Gasteiger partial charge on any atom is -1.00 e. The minimum atomic E-state index is -1.55. The molecule has 0 amide bonds. The van der Waals surface area contributed by atoms with Crippen LogP contribution in [0.2, 0.25) is 0 Å². The summed E-state index contributed by atoms with van der Waals surface area (Å²) in [7, 11) is 0. The third-order valence-electron chi connectivity index (χ3n) is 1.71. The first-order valence-electron chi connectivity index (χ1n) is 3.73. The third-order valence-corrected chi connectivity index (χ3v) is 2.71. The van der Waals surface area contributed by atoms with Crippen LogP contribution in [-0.4, -0.2) is 5.78 Å². The van der Waals surface area contributed by atoms with Crippen LogP contribution in [0.3, 0.4) is 0 Å². The number of rotatable bonds is 1. The molecule has 1 rings (SSSR count). The maximum Gasteiger partial charge on any atom is 1.00 e. The number of ketones is 1. The molecule has 1 aromatic rings. The van der Waals surface area contributed by atoms with Gasteiger partial charge in [-0.2, -0.15) is 0 Å². The monoisotopic (exact) mass is 292 g/mol. The fourth-order valence-corrected chi connectivity index (χ4v) is 1.96. The van der Waals surface area contributed by atoms with Crippen LogP contribution in [0.1, 0.15) is 24.3 Å². The molecule has 15 heavy (non-hydrogen) atoms. The van der Waals surface area contributed by atoms with E-state index in [0.717, 1.165) is 0 Å². The molecule has 0 aromatic heterocycles. The number of alkyl halides is 3. The van der Waals surface area contributed by atoms with Crippen molar-refractivity contribution in [2.45, 2.75) is 15.6 Å². The van der Waals surface area contributed by atoms with Crippen molar-refractivity contribution < 1.29 is 35.8 Å². The molecule has 0 saturated heterocycles. The second-order valence-electron chi connectivity index (χ2n) is 2.79.